The Bertz CT molecular complexity index is 336. The lowest BCUT2D eigenvalue weighted by molar-refractivity contribution is 0.101. The Labute approximate surface area is 83.3 Å². The first-order valence-electron chi connectivity index (χ1n) is 3.21. The maximum Gasteiger partial charge on any atom is 0.161 e. The summed E-state index contributed by atoms with van der Waals surface area (Å²) in [5.74, 6) is -0.145. The van der Waals surface area contributed by atoms with Crippen molar-refractivity contribution in [1.29, 1.82) is 0 Å². The van der Waals surface area contributed by atoms with Crippen molar-refractivity contribution in [3.8, 4) is 5.75 Å². The van der Waals surface area contributed by atoms with Crippen molar-refractivity contribution in [3.05, 3.63) is 27.2 Å². The summed E-state index contributed by atoms with van der Waals surface area (Å²) < 4.78 is 0.523. The Morgan fingerprint density at radius 2 is 2.17 bits per heavy atom. The smallest absolute Gasteiger partial charge is 0.161 e. The number of aromatic hydroxyl groups is 1. The molecule has 2 nitrogen and oxygen atoms in total. The maximum absolute atomic E-state index is 11.0. The molecular formula is C8H6BrClO2. The SMILES string of the molecule is CC(=O)c1cc(O)cc(Cl)c1Br. The van der Waals surface area contributed by atoms with E-state index in [0.717, 1.165) is 0 Å². The number of ketones is 1. The lowest BCUT2D eigenvalue weighted by atomic mass is 10.1. The zero-order valence-electron chi connectivity index (χ0n) is 6.27. The second-order valence-electron chi connectivity index (χ2n) is 2.35. The summed E-state index contributed by atoms with van der Waals surface area (Å²) in [6.07, 6.45) is 0. The van der Waals surface area contributed by atoms with Gasteiger partial charge in [-0.1, -0.05) is 11.6 Å². The summed E-state index contributed by atoms with van der Waals surface area (Å²) in [7, 11) is 0. The monoisotopic (exact) mass is 248 g/mol. The molecule has 0 radical (unpaired) electrons. The third-order valence-electron chi connectivity index (χ3n) is 1.39. The minimum atomic E-state index is -0.139. The molecule has 0 aliphatic rings. The number of hydrogen-bond acceptors (Lipinski definition) is 2. The van der Waals surface area contributed by atoms with E-state index >= 15 is 0 Å². The molecule has 1 N–H and O–H groups in total. The number of phenolic OH excluding ortho intramolecular Hbond substituents is 1. The minimum absolute atomic E-state index is 0.00611. The van der Waals surface area contributed by atoms with Crippen molar-refractivity contribution < 1.29 is 9.90 Å². The zero-order chi connectivity index (χ0) is 9.30. The summed E-state index contributed by atoms with van der Waals surface area (Å²) in [6.45, 7) is 1.41. The summed E-state index contributed by atoms with van der Waals surface area (Å²) in [4.78, 5) is 11.0. The highest BCUT2D eigenvalue weighted by Crippen LogP contribution is 2.30. The largest absolute Gasteiger partial charge is 0.508 e. The number of carbonyl (C=O) groups is 1. The molecule has 0 atom stereocenters. The molecule has 0 saturated carbocycles. The Hall–Kier alpha value is -0.540. The summed E-state index contributed by atoms with van der Waals surface area (Å²) in [6, 6.07) is 2.75. The molecule has 4 heteroatoms. The third-order valence-corrected chi connectivity index (χ3v) is 2.77. The van der Waals surface area contributed by atoms with Gasteiger partial charge in [0.2, 0.25) is 0 Å². The van der Waals surface area contributed by atoms with E-state index in [-0.39, 0.29) is 11.5 Å². The molecule has 0 unspecified atom stereocenters. The number of carbonyl (C=O) groups excluding carboxylic acids is 1. The molecule has 0 aromatic heterocycles. The number of rotatable bonds is 1. The lowest BCUT2D eigenvalue weighted by Crippen LogP contribution is -1.93. The number of phenols is 1. The summed E-state index contributed by atoms with van der Waals surface area (Å²) >= 11 is 8.86. The Morgan fingerprint density at radius 1 is 1.58 bits per heavy atom. The number of benzene rings is 1. The molecule has 0 fully saturated rings. The van der Waals surface area contributed by atoms with Gasteiger partial charge in [-0.2, -0.15) is 0 Å². The molecular weight excluding hydrogens is 243 g/mol. The standard InChI is InChI=1S/C8H6BrClO2/c1-4(11)6-2-5(12)3-7(10)8(6)9/h2-3,12H,1H3. The van der Waals surface area contributed by atoms with Crippen LogP contribution < -0.4 is 0 Å². The van der Waals surface area contributed by atoms with Crippen molar-refractivity contribution in [3.63, 3.8) is 0 Å². The molecule has 1 aromatic rings. The normalized spacial score (nSPS) is 9.92. The van der Waals surface area contributed by atoms with E-state index in [4.69, 9.17) is 16.7 Å². The van der Waals surface area contributed by atoms with Crippen molar-refractivity contribution >= 4 is 33.3 Å². The number of hydrogen-bond donors (Lipinski definition) is 1. The molecule has 0 bridgehead atoms. The first kappa shape index (κ1) is 9.55. The fourth-order valence-electron chi connectivity index (χ4n) is 0.831. The number of Topliss-reactive ketones (excluding diaryl/α,β-unsaturated/α-hetero) is 1. The first-order valence-corrected chi connectivity index (χ1v) is 4.38. The Balaban J connectivity index is 3.37. The van der Waals surface area contributed by atoms with Gasteiger partial charge in [0.25, 0.3) is 0 Å². The van der Waals surface area contributed by atoms with Crippen LogP contribution in [0.5, 0.6) is 5.75 Å². The number of halogens is 2. The summed E-state index contributed by atoms with van der Waals surface area (Å²) in [5.41, 5.74) is 0.389. The van der Waals surface area contributed by atoms with Gasteiger partial charge in [0.05, 0.1) is 5.02 Å². The van der Waals surface area contributed by atoms with Crippen LogP contribution in [-0.4, -0.2) is 10.9 Å². The van der Waals surface area contributed by atoms with E-state index in [2.05, 4.69) is 15.9 Å². The van der Waals surface area contributed by atoms with Gasteiger partial charge < -0.3 is 5.11 Å². The van der Waals surface area contributed by atoms with E-state index in [1.54, 1.807) is 0 Å². The topological polar surface area (TPSA) is 37.3 Å². The van der Waals surface area contributed by atoms with Gasteiger partial charge in [0.15, 0.2) is 5.78 Å². The van der Waals surface area contributed by atoms with Crippen molar-refractivity contribution in [1.82, 2.24) is 0 Å². The van der Waals surface area contributed by atoms with Gasteiger partial charge in [-0.15, -0.1) is 0 Å². The van der Waals surface area contributed by atoms with Gasteiger partial charge in [-0.05, 0) is 35.0 Å². The first-order chi connectivity index (χ1) is 5.52. The fraction of sp³-hybridized carbons (Fsp3) is 0.125. The van der Waals surface area contributed by atoms with E-state index in [1.165, 1.54) is 19.1 Å². The summed E-state index contributed by atoms with van der Waals surface area (Å²) in [5, 5.41) is 9.44. The minimum Gasteiger partial charge on any atom is -0.508 e. The van der Waals surface area contributed by atoms with Crippen LogP contribution in [0, 0.1) is 0 Å². The highest BCUT2D eigenvalue weighted by atomic mass is 79.9. The highest BCUT2D eigenvalue weighted by molar-refractivity contribution is 9.10. The molecule has 0 amide bonds. The lowest BCUT2D eigenvalue weighted by Gasteiger charge is -2.02. The predicted molar refractivity (Wildman–Crippen MR) is 50.8 cm³/mol. The van der Waals surface area contributed by atoms with Gasteiger partial charge in [0.1, 0.15) is 5.75 Å². The highest BCUT2D eigenvalue weighted by Gasteiger charge is 2.09. The van der Waals surface area contributed by atoms with Crippen LogP contribution in [0.25, 0.3) is 0 Å². The molecule has 12 heavy (non-hydrogen) atoms. The van der Waals surface area contributed by atoms with Crippen LogP contribution in [0.15, 0.2) is 16.6 Å². The molecule has 1 rings (SSSR count). The fourth-order valence-corrected chi connectivity index (χ4v) is 1.55. The van der Waals surface area contributed by atoms with Gasteiger partial charge in [-0.3, -0.25) is 4.79 Å². The molecule has 0 aliphatic carbocycles. The zero-order valence-corrected chi connectivity index (χ0v) is 8.61. The van der Waals surface area contributed by atoms with Crippen LogP contribution in [0.3, 0.4) is 0 Å². The van der Waals surface area contributed by atoms with Crippen molar-refractivity contribution in [2.45, 2.75) is 6.92 Å². The second-order valence-corrected chi connectivity index (χ2v) is 3.55. The quantitative estimate of drug-likeness (QED) is 0.777. The molecule has 64 valence electrons. The maximum atomic E-state index is 11.0. The molecule has 0 aliphatic heterocycles. The van der Waals surface area contributed by atoms with Gasteiger partial charge in [0, 0.05) is 10.0 Å². The van der Waals surface area contributed by atoms with Crippen molar-refractivity contribution in [2.75, 3.05) is 0 Å². The average Bonchev–Trinajstić information content (AvgIpc) is 1.96. The third kappa shape index (κ3) is 1.79. The molecule has 0 spiro atoms. The van der Waals surface area contributed by atoms with Crippen LogP contribution in [0.2, 0.25) is 5.02 Å². The van der Waals surface area contributed by atoms with E-state index < -0.39 is 0 Å². The van der Waals surface area contributed by atoms with E-state index in [9.17, 15) is 4.79 Å². The van der Waals surface area contributed by atoms with Crippen LogP contribution in [0.1, 0.15) is 17.3 Å². The van der Waals surface area contributed by atoms with E-state index in [0.29, 0.717) is 15.1 Å². The van der Waals surface area contributed by atoms with Crippen LogP contribution >= 0.6 is 27.5 Å². The molecule has 0 saturated heterocycles. The molecule has 0 heterocycles. The van der Waals surface area contributed by atoms with E-state index in [1.807, 2.05) is 0 Å². The van der Waals surface area contributed by atoms with Crippen LogP contribution in [-0.2, 0) is 0 Å². The van der Waals surface area contributed by atoms with Gasteiger partial charge >= 0.3 is 0 Å². The Kier molecular flexibility index (Phi) is 2.75. The van der Waals surface area contributed by atoms with Crippen molar-refractivity contribution in [2.24, 2.45) is 0 Å². The second kappa shape index (κ2) is 3.46. The van der Waals surface area contributed by atoms with Gasteiger partial charge in [-0.25, -0.2) is 0 Å². The Morgan fingerprint density at radius 3 is 2.67 bits per heavy atom. The average molecular weight is 249 g/mol. The predicted octanol–water partition coefficient (Wildman–Crippen LogP) is 3.01. The van der Waals surface area contributed by atoms with Crippen LogP contribution in [0.4, 0.5) is 0 Å². The molecule has 1 aromatic carbocycles.